The Morgan fingerprint density at radius 3 is 2.45 bits per heavy atom. The number of Topliss-reactive ketones (excluding diaryl/α,β-unsaturated/α-hetero) is 1. The summed E-state index contributed by atoms with van der Waals surface area (Å²) >= 11 is 12.3. The normalized spacial score (nSPS) is 17.8. The highest BCUT2D eigenvalue weighted by molar-refractivity contribution is 6.47. The predicted octanol–water partition coefficient (Wildman–Crippen LogP) is 3.71. The molecule has 1 fully saturated rings. The largest absolute Gasteiger partial charge is 0.507 e. The first-order valence-corrected chi connectivity index (χ1v) is 10.9. The van der Waals surface area contributed by atoms with Crippen molar-refractivity contribution in [2.24, 2.45) is 0 Å². The number of carbonyl (C=O) groups excluding carboxylic acids is 3. The Labute approximate surface area is 201 Å². The van der Waals surface area contributed by atoms with Crippen LogP contribution in [-0.2, 0) is 14.3 Å². The number of benzene rings is 1. The molecule has 1 atom stereocenters. The van der Waals surface area contributed by atoms with E-state index in [4.69, 9.17) is 27.9 Å². The average molecular weight is 494 g/mol. The van der Waals surface area contributed by atoms with Crippen LogP contribution in [-0.4, -0.2) is 71.8 Å². The van der Waals surface area contributed by atoms with Gasteiger partial charge in [-0.25, -0.2) is 4.79 Å². The fourth-order valence-corrected chi connectivity index (χ4v) is 4.30. The molecule has 8 nitrogen and oxygen atoms in total. The van der Waals surface area contributed by atoms with Crippen LogP contribution in [0.5, 0.6) is 0 Å². The number of aromatic nitrogens is 1. The number of hydrogen-bond acceptors (Lipinski definition) is 6. The molecule has 1 aromatic carbocycles. The molecule has 0 spiro atoms. The van der Waals surface area contributed by atoms with Crippen LogP contribution >= 0.6 is 23.2 Å². The second-order valence-corrected chi connectivity index (χ2v) is 8.90. The van der Waals surface area contributed by atoms with Crippen molar-refractivity contribution in [2.75, 3.05) is 34.3 Å². The summed E-state index contributed by atoms with van der Waals surface area (Å²) in [5, 5.41) is 11.9. The van der Waals surface area contributed by atoms with Crippen molar-refractivity contribution in [3.63, 3.8) is 0 Å². The Morgan fingerprint density at radius 1 is 1.21 bits per heavy atom. The molecule has 1 saturated heterocycles. The topological polar surface area (TPSA) is 103 Å². The molecule has 3 rings (SSSR count). The van der Waals surface area contributed by atoms with E-state index < -0.39 is 23.7 Å². The van der Waals surface area contributed by atoms with Gasteiger partial charge in [0, 0.05) is 24.3 Å². The van der Waals surface area contributed by atoms with Crippen molar-refractivity contribution in [2.45, 2.75) is 19.9 Å². The maximum Gasteiger partial charge on any atom is 0.354 e. The van der Waals surface area contributed by atoms with Gasteiger partial charge in [0.2, 0.25) is 0 Å². The third-order valence-electron chi connectivity index (χ3n) is 5.65. The number of esters is 1. The van der Waals surface area contributed by atoms with Crippen molar-refractivity contribution >= 4 is 46.6 Å². The number of methoxy groups -OCH3 is 1. The third kappa shape index (κ3) is 4.51. The number of amides is 1. The molecule has 2 heterocycles. The number of ketones is 1. The number of halogens is 2. The number of aliphatic hydroxyl groups excluding tert-OH is 1. The van der Waals surface area contributed by atoms with Gasteiger partial charge in [-0.05, 0) is 51.2 Å². The van der Waals surface area contributed by atoms with E-state index in [-0.39, 0.29) is 34.2 Å². The van der Waals surface area contributed by atoms with Crippen LogP contribution in [0.4, 0.5) is 0 Å². The summed E-state index contributed by atoms with van der Waals surface area (Å²) in [6.45, 7) is 4.03. The zero-order valence-electron chi connectivity index (χ0n) is 19.0. The van der Waals surface area contributed by atoms with E-state index in [1.54, 1.807) is 32.0 Å². The van der Waals surface area contributed by atoms with Crippen LogP contribution in [0.3, 0.4) is 0 Å². The second kappa shape index (κ2) is 9.59. The number of ether oxygens (including phenoxy) is 1. The zero-order valence-corrected chi connectivity index (χ0v) is 20.5. The molecule has 1 aliphatic rings. The molecule has 0 radical (unpaired) electrons. The van der Waals surface area contributed by atoms with E-state index in [1.807, 2.05) is 19.0 Å². The quantitative estimate of drug-likeness (QED) is 0.275. The van der Waals surface area contributed by atoms with Crippen molar-refractivity contribution < 1.29 is 24.2 Å². The first-order chi connectivity index (χ1) is 15.5. The van der Waals surface area contributed by atoms with E-state index in [2.05, 4.69) is 4.98 Å². The van der Waals surface area contributed by atoms with Gasteiger partial charge in [0.25, 0.3) is 11.7 Å². The van der Waals surface area contributed by atoms with E-state index in [0.29, 0.717) is 28.4 Å². The molecule has 10 heteroatoms. The van der Waals surface area contributed by atoms with Crippen LogP contribution in [0.25, 0.3) is 5.76 Å². The van der Waals surface area contributed by atoms with Crippen molar-refractivity contribution in [1.82, 2.24) is 14.8 Å². The number of carbonyl (C=O) groups is 3. The number of rotatable bonds is 6. The lowest BCUT2D eigenvalue weighted by Crippen LogP contribution is -2.35. The lowest BCUT2D eigenvalue weighted by atomic mass is 9.94. The second-order valence-electron chi connectivity index (χ2n) is 8.09. The molecule has 176 valence electrons. The highest BCUT2D eigenvalue weighted by Crippen LogP contribution is 2.42. The minimum absolute atomic E-state index is 0.0845. The van der Waals surface area contributed by atoms with Gasteiger partial charge >= 0.3 is 5.97 Å². The molecule has 1 aliphatic heterocycles. The number of nitrogens with one attached hydrogen (secondary N) is 1. The maximum atomic E-state index is 13.1. The number of aryl methyl sites for hydroxylation is 1. The lowest BCUT2D eigenvalue weighted by Gasteiger charge is -2.26. The van der Waals surface area contributed by atoms with Crippen LogP contribution in [0, 0.1) is 13.8 Å². The SMILES string of the molecule is COC(=O)c1[nH]c(C)c(C(O)=C2C(=O)C(=O)N(CCN(C)C)[C@H]2c2ccc(Cl)c(Cl)c2)c1C. The van der Waals surface area contributed by atoms with Crippen LogP contribution in [0.2, 0.25) is 10.0 Å². The number of hydrogen-bond donors (Lipinski definition) is 2. The minimum Gasteiger partial charge on any atom is -0.507 e. The number of aliphatic hydroxyl groups is 1. The Balaban J connectivity index is 2.24. The van der Waals surface area contributed by atoms with Crippen molar-refractivity contribution in [1.29, 1.82) is 0 Å². The lowest BCUT2D eigenvalue weighted by molar-refractivity contribution is -0.140. The first kappa shape index (κ1) is 24.8. The van der Waals surface area contributed by atoms with Gasteiger partial charge in [0.1, 0.15) is 11.5 Å². The molecule has 2 N–H and O–H groups in total. The Bertz CT molecular complexity index is 1170. The molecule has 0 saturated carbocycles. The van der Waals surface area contributed by atoms with Gasteiger partial charge in [0.15, 0.2) is 0 Å². The molecule has 2 aromatic rings. The fourth-order valence-electron chi connectivity index (χ4n) is 3.99. The molecule has 1 aromatic heterocycles. The van der Waals surface area contributed by atoms with Gasteiger partial charge in [0.05, 0.1) is 28.8 Å². The zero-order chi connectivity index (χ0) is 24.6. The standard InChI is InChI=1S/C23H25Cl2N3O5/c1-11-16(12(2)26-18(11)23(32)33-5)20(29)17-19(13-6-7-14(24)15(25)10-13)28(9-8-27(3)4)22(31)21(17)30/h6-7,10,19,26,29H,8-9H2,1-5H3/t19-/m0/s1. The number of aromatic amines is 1. The third-order valence-corrected chi connectivity index (χ3v) is 6.39. The van der Waals surface area contributed by atoms with E-state index in [0.717, 1.165) is 0 Å². The maximum absolute atomic E-state index is 13.1. The van der Waals surface area contributed by atoms with Crippen molar-refractivity contribution in [3.8, 4) is 0 Å². The summed E-state index contributed by atoms with van der Waals surface area (Å²) in [6.07, 6.45) is 0. The molecule has 1 amide bonds. The van der Waals surface area contributed by atoms with E-state index >= 15 is 0 Å². The first-order valence-electron chi connectivity index (χ1n) is 10.2. The Hall–Kier alpha value is -2.81. The smallest absolute Gasteiger partial charge is 0.354 e. The molecule has 0 unspecified atom stereocenters. The van der Waals surface area contributed by atoms with Gasteiger partial charge in [-0.15, -0.1) is 0 Å². The summed E-state index contributed by atoms with van der Waals surface area (Å²) in [6, 6.07) is 3.94. The minimum atomic E-state index is -0.880. The van der Waals surface area contributed by atoms with Crippen LogP contribution < -0.4 is 0 Å². The van der Waals surface area contributed by atoms with Gasteiger partial charge in [-0.1, -0.05) is 29.3 Å². The average Bonchev–Trinajstić information content (AvgIpc) is 3.20. The number of nitrogens with zero attached hydrogens (tertiary/aromatic N) is 2. The summed E-state index contributed by atoms with van der Waals surface area (Å²) in [5.74, 6) is -2.53. The van der Waals surface area contributed by atoms with Gasteiger partial charge in [-0.2, -0.15) is 0 Å². The fraction of sp³-hybridized carbons (Fsp3) is 0.348. The van der Waals surface area contributed by atoms with Gasteiger partial charge in [-0.3, -0.25) is 9.59 Å². The Kier molecular flexibility index (Phi) is 7.21. The molecule has 33 heavy (non-hydrogen) atoms. The highest BCUT2D eigenvalue weighted by atomic mass is 35.5. The van der Waals surface area contributed by atoms with E-state index in [9.17, 15) is 19.5 Å². The monoisotopic (exact) mass is 493 g/mol. The highest BCUT2D eigenvalue weighted by Gasteiger charge is 2.46. The summed E-state index contributed by atoms with van der Waals surface area (Å²) in [4.78, 5) is 44.4. The van der Waals surface area contributed by atoms with Gasteiger partial charge < -0.3 is 24.6 Å². The molecule has 0 aliphatic carbocycles. The number of likely N-dealkylation sites (tertiary alicyclic amines) is 1. The van der Waals surface area contributed by atoms with Crippen molar-refractivity contribution in [3.05, 3.63) is 61.9 Å². The van der Waals surface area contributed by atoms with Crippen LogP contribution in [0.15, 0.2) is 23.8 Å². The molecule has 0 bridgehead atoms. The molecular formula is C23H25Cl2N3O5. The molecular weight excluding hydrogens is 469 g/mol. The Morgan fingerprint density at radius 2 is 1.88 bits per heavy atom. The summed E-state index contributed by atoms with van der Waals surface area (Å²) in [7, 11) is 4.95. The van der Waals surface area contributed by atoms with Crippen LogP contribution in [0.1, 0.15) is 38.9 Å². The van der Waals surface area contributed by atoms with E-state index in [1.165, 1.54) is 12.0 Å². The number of likely N-dealkylation sites (N-methyl/N-ethyl adjacent to an activating group) is 1. The summed E-state index contributed by atoms with van der Waals surface area (Å²) < 4.78 is 4.79. The number of H-pyrrole nitrogens is 1. The summed E-state index contributed by atoms with van der Waals surface area (Å²) in [5.41, 5.74) is 1.74. The predicted molar refractivity (Wildman–Crippen MR) is 126 cm³/mol.